The van der Waals surface area contributed by atoms with Crippen molar-refractivity contribution in [3.05, 3.63) is 34.9 Å². The number of urea groups is 1. The predicted molar refractivity (Wildman–Crippen MR) is 70.5 cm³/mol. The summed E-state index contributed by atoms with van der Waals surface area (Å²) in [6, 6.07) is 4.48. The minimum absolute atomic E-state index is 0.169. The predicted octanol–water partition coefficient (Wildman–Crippen LogP) is 1.07. The molecule has 2 amide bonds. The standard InChI is InChI=1S/C12H13ClN2O5/c13-8-3-1-7(2-4-8)6-14-12(20)15-9(11(18)19)5-10(16)17/h1-4,9H,5-6H2,(H,16,17)(H,18,19)(H2,14,15,20). The highest BCUT2D eigenvalue weighted by Gasteiger charge is 2.22. The summed E-state index contributed by atoms with van der Waals surface area (Å²) >= 11 is 5.71. The molecule has 1 aromatic carbocycles. The molecule has 0 fully saturated rings. The number of halogens is 1. The fourth-order valence-corrected chi connectivity index (χ4v) is 1.49. The molecular formula is C12H13ClN2O5. The van der Waals surface area contributed by atoms with Gasteiger partial charge in [0.05, 0.1) is 6.42 Å². The van der Waals surface area contributed by atoms with Crippen LogP contribution >= 0.6 is 11.6 Å². The highest BCUT2D eigenvalue weighted by atomic mass is 35.5. The van der Waals surface area contributed by atoms with Crippen molar-refractivity contribution in [3.8, 4) is 0 Å². The molecule has 0 saturated carbocycles. The maximum Gasteiger partial charge on any atom is 0.326 e. The number of benzene rings is 1. The molecule has 1 atom stereocenters. The van der Waals surface area contributed by atoms with Gasteiger partial charge >= 0.3 is 18.0 Å². The number of hydrogen-bond donors (Lipinski definition) is 4. The highest BCUT2D eigenvalue weighted by Crippen LogP contribution is 2.09. The molecule has 0 aliphatic carbocycles. The summed E-state index contributed by atoms with van der Waals surface area (Å²) in [5.74, 6) is -2.72. The molecule has 0 bridgehead atoms. The summed E-state index contributed by atoms with van der Waals surface area (Å²) in [6.45, 7) is 0.169. The number of carbonyl (C=O) groups is 3. The van der Waals surface area contributed by atoms with Crippen LogP contribution in [-0.4, -0.2) is 34.2 Å². The van der Waals surface area contributed by atoms with Crippen LogP contribution in [0.3, 0.4) is 0 Å². The molecule has 0 radical (unpaired) electrons. The van der Waals surface area contributed by atoms with E-state index in [-0.39, 0.29) is 6.54 Å². The summed E-state index contributed by atoms with van der Waals surface area (Å²) < 4.78 is 0. The molecule has 0 saturated heterocycles. The van der Waals surface area contributed by atoms with Gasteiger partial charge < -0.3 is 20.8 Å². The molecule has 0 spiro atoms. The minimum Gasteiger partial charge on any atom is -0.481 e. The lowest BCUT2D eigenvalue weighted by molar-refractivity contribution is -0.145. The van der Waals surface area contributed by atoms with Crippen LogP contribution in [0.15, 0.2) is 24.3 Å². The van der Waals surface area contributed by atoms with E-state index in [1.807, 2.05) is 0 Å². The second-order valence-electron chi connectivity index (χ2n) is 3.94. The Labute approximate surface area is 119 Å². The molecule has 7 nitrogen and oxygen atoms in total. The van der Waals surface area contributed by atoms with Gasteiger partial charge in [0.25, 0.3) is 0 Å². The average molecular weight is 301 g/mol. The van der Waals surface area contributed by atoms with Crippen molar-refractivity contribution in [2.75, 3.05) is 0 Å². The Bertz CT molecular complexity index is 503. The third-order valence-electron chi connectivity index (χ3n) is 2.35. The van der Waals surface area contributed by atoms with Gasteiger partial charge in [-0.25, -0.2) is 9.59 Å². The van der Waals surface area contributed by atoms with Crippen molar-refractivity contribution in [2.45, 2.75) is 19.0 Å². The zero-order valence-corrected chi connectivity index (χ0v) is 11.1. The molecule has 1 aromatic rings. The third kappa shape index (κ3) is 5.57. The number of amides is 2. The van der Waals surface area contributed by atoms with Gasteiger partial charge in [0.15, 0.2) is 0 Å². The molecule has 108 valence electrons. The van der Waals surface area contributed by atoms with Crippen LogP contribution in [-0.2, 0) is 16.1 Å². The fourth-order valence-electron chi connectivity index (χ4n) is 1.37. The summed E-state index contributed by atoms with van der Waals surface area (Å²) in [6.07, 6.45) is -0.691. The SMILES string of the molecule is O=C(O)CC(NC(=O)NCc1ccc(Cl)cc1)C(=O)O. The maximum absolute atomic E-state index is 11.5. The first-order valence-corrected chi connectivity index (χ1v) is 5.99. The first-order chi connectivity index (χ1) is 9.38. The van der Waals surface area contributed by atoms with E-state index in [2.05, 4.69) is 10.6 Å². The van der Waals surface area contributed by atoms with E-state index in [0.717, 1.165) is 5.56 Å². The lowest BCUT2D eigenvalue weighted by atomic mass is 10.2. The number of carboxylic acid groups (broad SMARTS) is 2. The quantitative estimate of drug-likeness (QED) is 0.627. The van der Waals surface area contributed by atoms with E-state index in [0.29, 0.717) is 5.02 Å². The second kappa shape index (κ2) is 7.34. The van der Waals surface area contributed by atoms with Crippen LogP contribution in [0.5, 0.6) is 0 Å². The average Bonchev–Trinajstić information content (AvgIpc) is 2.36. The Morgan fingerprint density at radius 1 is 1.15 bits per heavy atom. The van der Waals surface area contributed by atoms with E-state index >= 15 is 0 Å². The van der Waals surface area contributed by atoms with Gasteiger partial charge in [0.1, 0.15) is 6.04 Å². The highest BCUT2D eigenvalue weighted by molar-refractivity contribution is 6.30. The third-order valence-corrected chi connectivity index (χ3v) is 2.60. The topological polar surface area (TPSA) is 116 Å². The first kappa shape index (κ1) is 15.8. The maximum atomic E-state index is 11.5. The van der Waals surface area contributed by atoms with E-state index < -0.39 is 30.4 Å². The molecule has 4 N–H and O–H groups in total. The summed E-state index contributed by atoms with van der Waals surface area (Å²) in [7, 11) is 0. The summed E-state index contributed by atoms with van der Waals surface area (Å²) in [5, 5.41) is 22.4. The molecule has 1 rings (SSSR count). The van der Waals surface area contributed by atoms with E-state index in [4.69, 9.17) is 21.8 Å². The zero-order chi connectivity index (χ0) is 15.1. The van der Waals surface area contributed by atoms with Crippen LogP contribution in [0.4, 0.5) is 4.79 Å². The Hall–Kier alpha value is -2.28. The van der Waals surface area contributed by atoms with E-state index in [9.17, 15) is 14.4 Å². The monoisotopic (exact) mass is 300 g/mol. The Kier molecular flexibility index (Phi) is 5.79. The molecule has 0 aliphatic rings. The Morgan fingerprint density at radius 2 is 1.75 bits per heavy atom. The normalized spacial score (nSPS) is 11.4. The van der Waals surface area contributed by atoms with Gasteiger partial charge in [-0.15, -0.1) is 0 Å². The van der Waals surface area contributed by atoms with Gasteiger partial charge in [0, 0.05) is 11.6 Å². The van der Waals surface area contributed by atoms with Crippen LogP contribution in [0, 0.1) is 0 Å². The van der Waals surface area contributed by atoms with E-state index in [1.54, 1.807) is 24.3 Å². The smallest absolute Gasteiger partial charge is 0.326 e. The van der Waals surface area contributed by atoms with Crippen molar-refractivity contribution in [2.24, 2.45) is 0 Å². The number of carbonyl (C=O) groups excluding carboxylic acids is 1. The zero-order valence-electron chi connectivity index (χ0n) is 10.3. The van der Waals surface area contributed by atoms with Gasteiger partial charge in [-0.05, 0) is 17.7 Å². The molecule has 0 aliphatic heterocycles. The molecule has 1 unspecified atom stereocenters. The second-order valence-corrected chi connectivity index (χ2v) is 4.38. The van der Waals surface area contributed by atoms with Crippen molar-refractivity contribution in [1.29, 1.82) is 0 Å². The van der Waals surface area contributed by atoms with Crippen LogP contribution in [0.25, 0.3) is 0 Å². The van der Waals surface area contributed by atoms with Gasteiger partial charge in [-0.2, -0.15) is 0 Å². The molecule has 0 heterocycles. The van der Waals surface area contributed by atoms with Gasteiger partial charge in [0.2, 0.25) is 0 Å². The number of nitrogens with one attached hydrogen (secondary N) is 2. The largest absolute Gasteiger partial charge is 0.481 e. The van der Waals surface area contributed by atoms with Crippen molar-refractivity contribution in [3.63, 3.8) is 0 Å². The summed E-state index contributed by atoms with van der Waals surface area (Å²) in [5.41, 5.74) is 0.773. The molecule has 20 heavy (non-hydrogen) atoms. The van der Waals surface area contributed by atoms with Crippen molar-refractivity contribution in [1.82, 2.24) is 10.6 Å². The lowest BCUT2D eigenvalue weighted by Gasteiger charge is -2.13. The summed E-state index contributed by atoms with van der Waals surface area (Å²) in [4.78, 5) is 32.7. The van der Waals surface area contributed by atoms with Gasteiger partial charge in [-0.3, -0.25) is 4.79 Å². The van der Waals surface area contributed by atoms with Crippen LogP contribution in [0.1, 0.15) is 12.0 Å². The van der Waals surface area contributed by atoms with Crippen molar-refractivity contribution >= 4 is 29.6 Å². The van der Waals surface area contributed by atoms with Crippen molar-refractivity contribution < 1.29 is 24.6 Å². The Morgan fingerprint density at radius 3 is 2.25 bits per heavy atom. The Balaban J connectivity index is 2.47. The number of carboxylic acids is 2. The van der Waals surface area contributed by atoms with Crippen LogP contribution in [0.2, 0.25) is 5.02 Å². The van der Waals surface area contributed by atoms with Crippen LogP contribution < -0.4 is 10.6 Å². The number of rotatable bonds is 6. The van der Waals surface area contributed by atoms with Gasteiger partial charge in [-0.1, -0.05) is 23.7 Å². The fraction of sp³-hybridized carbons (Fsp3) is 0.250. The minimum atomic E-state index is -1.47. The lowest BCUT2D eigenvalue weighted by Crippen LogP contribution is -2.46. The first-order valence-electron chi connectivity index (χ1n) is 5.62. The molecule has 8 heteroatoms. The number of aliphatic carboxylic acids is 2. The number of hydrogen-bond acceptors (Lipinski definition) is 3. The van der Waals surface area contributed by atoms with E-state index in [1.165, 1.54) is 0 Å². The molecular weight excluding hydrogens is 288 g/mol. The molecule has 0 aromatic heterocycles.